The number of hydrogen-bond donors (Lipinski definition) is 0. The minimum atomic E-state index is 1.10. The van der Waals surface area contributed by atoms with Crippen molar-refractivity contribution in [2.24, 2.45) is 0 Å². The maximum atomic E-state index is 2.47. The van der Waals surface area contributed by atoms with E-state index in [0.29, 0.717) is 0 Å². The summed E-state index contributed by atoms with van der Waals surface area (Å²) in [6.45, 7) is 0. The number of thiophene rings is 1. The van der Waals surface area contributed by atoms with Crippen LogP contribution in [0.5, 0.6) is 0 Å². The van der Waals surface area contributed by atoms with E-state index in [9.17, 15) is 0 Å². The van der Waals surface area contributed by atoms with E-state index in [1.165, 1.54) is 97.2 Å². The van der Waals surface area contributed by atoms with Crippen LogP contribution in [0.1, 0.15) is 0 Å². The van der Waals surface area contributed by atoms with Gasteiger partial charge in [-0.1, -0.05) is 182 Å². The molecule has 11 aromatic carbocycles. The maximum absolute atomic E-state index is 2.47. The summed E-state index contributed by atoms with van der Waals surface area (Å²) in [6, 6.07) is 95.4. The predicted octanol–water partition coefficient (Wildman–Crippen LogP) is 18.7. The largest absolute Gasteiger partial charge is 0.310 e. The molecule has 0 unspecified atom stereocenters. The molecule has 0 bridgehead atoms. The van der Waals surface area contributed by atoms with Crippen molar-refractivity contribution in [3.05, 3.63) is 261 Å². The fourth-order valence-electron chi connectivity index (χ4n) is 10.9. The van der Waals surface area contributed by atoms with E-state index < -0.39 is 0 Å². The molecule has 4 heteroatoms. The molecule has 70 heavy (non-hydrogen) atoms. The lowest BCUT2D eigenvalue weighted by Crippen LogP contribution is -2.10. The Bertz CT molecular complexity index is 4260. The SMILES string of the molecule is c1ccc(-c2ccc(N(c3ccc4c5ccccc5n(-c5ccccc5)c4c3)c3cccc4sc5c(-c6ccc7c8ccccc8n(-c8ccc(-c9ccccc9)cc8)c7c6)cccc5c34)cc2)cc1. The Balaban J connectivity index is 0.955. The van der Waals surface area contributed by atoms with Crippen LogP contribution in [0.15, 0.2) is 261 Å². The number of aromatic nitrogens is 2. The third-order valence-electron chi connectivity index (χ3n) is 14.1. The average Bonchev–Trinajstić information content (AvgIpc) is 4.10. The van der Waals surface area contributed by atoms with E-state index in [2.05, 4.69) is 275 Å². The lowest BCUT2D eigenvalue weighted by molar-refractivity contribution is 1.18. The van der Waals surface area contributed by atoms with Crippen LogP contribution < -0.4 is 4.90 Å². The van der Waals surface area contributed by atoms with Crippen LogP contribution in [0.4, 0.5) is 17.1 Å². The number of nitrogens with zero attached hydrogens (tertiary/aromatic N) is 3. The van der Waals surface area contributed by atoms with Crippen molar-refractivity contribution in [1.82, 2.24) is 9.13 Å². The topological polar surface area (TPSA) is 13.1 Å². The molecule has 0 aliphatic rings. The Labute approximate surface area is 409 Å². The second-order valence-electron chi connectivity index (χ2n) is 18.1. The third kappa shape index (κ3) is 6.49. The molecule has 0 aliphatic heterocycles. The lowest BCUT2D eigenvalue weighted by Gasteiger charge is -2.27. The quantitative estimate of drug-likeness (QED) is 0.148. The van der Waals surface area contributed by atoms with Gasteiger partial charge in [-0.3, -0.25) is 0 Å². The highest BCUT2D eigenvalue weighted by Gasteiger charge is 2.23. The molecule has 3 aromatic heterocycles. The van der Waals surface area contributed by atoms with Gasteiger partial charge in [-0.15, -0.1) is 11.3 Å². The van der Waals surface area contributed by atoms with E-state index >= 15 is 0 Å². The van der Waals surface area contributed by atoms with Crippen molar-refractivity contribution in [1.29, 1.82) is 0 Å². The van der Waals surface area contributed by atoms with E-state index in [0.717, 1.165) is 28.4 Å². The van der Waals surface area contributed by atoms with Crippen molar-refractivity contribution in [2.75, 3.05) is 4.90 Å². The molecular weight excluding hydrogens is 867 g/mol. The van der Waals surface area contributed by atoms with E-state index in [-0.39, 0.29) is 0 Å². The first kappa shape index (κ1) is 40.1. The Kier molecular flexibility index (Phi) is 9.39. The molecule has 0 saturated heterocycles. The molecular formula is C66H43N3S. The molecule has 328 valence electrons. The standard InChI is InChI=1S/C66H43N3S/c1-4-16-44(17-5-1)46-30-35-50(36-31-46)67(52-39-41-57-55-23-11-12-26-59(55)68(63(57)43-52)49-20-8-3-9-21-49)61-28-15-29-64-65(61)58-25-14-24-53(66(58)70-64)48-34-40-56-54-22-10-13-27-60(54)69(62(56)42-48)51-37-32-47(33-38-51)45-18-6-2-7-19-45/h1-43H. The fourth-order valence-corrected chi connectivity index (χ4v) is 12.2. The first-order chi connectivity index (χ1) is 34.7. The van der Waals surface area contributed by atoms with Gasteiger partial charge >= 0.3 is 0 Å². The summed E-state index contributed by atoms with van der Waals surface area (Å²) in [7, 11) is 0. The first-order valence-electron chi connectivity index (χ1n) is 23.9. The zero-order valence-corrected chi connectivity index (χ0v) is 38.9. The Morgan fingerprint density at radius 2 is 0.771 bits per heavy atom. The molecule has 0 saturated carbocycles. The molecule has 0 N–H and O–H groups in total. The van der Waals surface area contributed by atoms with Gasteiger partial charge in [0, 0.05) is 64.5 Å². The monoisotopic (exact) mass is 909 g/mol. The number of fused-ring (bicyclic) bond motifs is 9. The second-order valence-corrected chi connectivity index (χ2v) is 19.1. The van der Waals surface area contributed by atoms with Gasteiger partial charge in [0.2, 0.25) is 0 Å². The number of anilines is 3. The molecule has 0 spiro atoms. The average molecular weight is 910 g/mol. The molecule has 14 rings (SSSR count). The van der Waals surface area contributed by atoms with Gasteiger partial charge in [-0.2, -0.15) is 0 Å². The molecule has 0 radical (unpaired) electrons. The Hall–Kier alpha value is -8.96. The minimum Gasteiger partial charge on any atom is -0.310 e. The van der Waals surface area contributed by atoms with Gasteiger partial charge in [0.05, 0.1) is 27.8 Å². The molecule has 0 fully saturated rings. The van der Waals surface area contributed by atoms with Crippen LogP contribution in [0, 0.1) is 0 Å². The van der Waals surface area contributed by atoms with Gasteiger partial charge in [-0.25, -0.2) is 0 Å². The number of hydrogen-bond acceptors (Lipinski definition) is 2. The summed E-state index contributed by atoms with van der Waals surface area (Å²) in [5.74, 6) is 0. The summed E-state index contributed by atoms with van der Waals surface area (Å²) < 4.78 is 7.37. The van der Waals surface area contributed by atoms with Crippen LogP contribution in [0.25, 0.3) is 109 Å². The Morgan fingerprint density at radius 3 is 1.43 bits per heavy atom. The van der Waals surface area contributed by atoms with Gasteiger partial charge in [0.15, 0.2) is 0 Å². The van der Waals surface area contributed by atoms with E-state index in [1.807, 2.05) is 11.3 Å². The molecule has 14 aromatic rings. The van der Waals surface area contributed by atoms with Crippen LogP contribution in [-0.4, -0.2) is 9.13 Å². The van der Waals surface area contributed by atoms with Crippen LogP contribution in [-0.2, 0) is 0 Å². The van der Waals surface area contributed by atoms with Crippen LogP contribution in [0.2, 0.25) is 0 Å². The number of para-hydroxylation sites is 3. The van der Waals surface area contributed by atoms with Crippen molar-refractivity contribution < 1.29 is 0 Å². The molecule has 0 amide bonds. The fraction of sp³-hybridized carbons (Fsp3) is 0. The number of rotatable bonds is 8. The Morgan fingerprint density at radius 1 is 0.300 bits per heavy atom. The smallest absolute Gasteiger partial charge is 0.0561 e. The van der Waals surface area contributed by atoms with Gasteiger partial charge in [-0.05, 0) is 112 Å². The van der Waals surface area contributed by atoms with Crippen LogP contribution >= 0.6 is 11.3 Å². The van der Waals surface area contributed by atoms with Crippen molar-refractivity contribution in [3.63, 3.8) is 0 Å². The highest BCUT2D eigenvalue weighted by molar-refractivity contribution is 7.26. The van der Waals surface area contributed by atoms with Crippen molar-refractivity contribution >= 4 is 92.2 Å². The molecule has 3 nitrogen and oxygen atoms in total. The van der Waals surface area contributed by atoms with Crippen molar-refractivity contribution in [3.8, 4) is 44.8 Å². The summed E-state index contributed by atoms with van der Waals surface area (Å²) >= 11 is 1.88. The summed E-state index contributed by atoms with van der Waals surface area (Å²) in [4.78, 5) is 2.47. The molecule has 0 aliphatic carbocycles. The van der Waals surface area contributed by atoms with Gasteiger partial charge in [0.1, 0.15) is 0 Å². The zero-order chi connectivity index (χ0) is 46.1. The summed E-state index contributed by atoms with van der Waals surface area (Å²) in [6.07, 6.45) is 0. The summed E-state index contributed by atoms with van der Waals surface area (Å²) in [5, 5.41) is 7.45. The van der Waals surface area contributed by atoms with Crippen LogP contribution in [0.3, 0.4) is 0 Å². The number of benzene rings is 11. The summed E-state index contributed by atoms with van der Waals surface area (Å²) in [5.41, 5.74) is 17.6. The van der Waals surface area contributed by atoms with E-state index in [4.69, 9.17) is 0 Å². The highest BCUT2D eigenvalue weighted by Crippen LogP contribution is 2.49. The van der Waals surface area contributed by atoms with Gasteiger partial charge < -0.3 is 14.0 Å². The second kappa shape index (κ2) is 16.4. The predicted molar refractivity (Wildman–Crippen MR) is 299 cm³/mol. The third-order valence-corrected chi connectivity index (χ3v) is 15.3. The molecule has 0 atom stereocenters. The van der Waals surface area contributed by atoms with E-state index in [1.54, 1.807) is 0 Å². The first-order valence-corrected chi connectivity index (χ1v) is 24.7. The maximum Gasteiger partial charge on any atom is 0.0561 e. The normalized spacial score (nSPS) is 11.7. The minimum absolute atomic E-state index is 1.10. The van der Waals surface area contributed by atoms with Crippen molar-refractivity contribution in [2.45, 2.75) is 0 Å². The highest BCUT2D eigenvalue weighted by atomic mass is 32.1. The molecule has 3 heterocycles. The van der Waals surface area contributed by atoms with Gasteiger partial charge in [0.25, 0.3) is 0 Å². The lowest BCUT2D eigenvalue weighted by atomic mass is 10.00. The zero-order valence-electron chi connectivity index (χ0n) is 38.1.